The topological polar surface area (TPSA) is 9.23 Å². The van der Waals surface area contributed by atoms with Gasteiger partial charge in [-0.15, -0.1) is 0 Å². The van der Waals surface area contributed by atoms with Crippen molar-refractivity contribution in [2.24, 2.45) is 0 Å². The van der Waals surface area contributed by atoms with Crippen molar-refractivity contribution in [1.29, 1.82) is 0 Å². The summed E-state index contributed by atoms with van der Waals surface area (Å²) in [6, 6.07) is 6.17. The number of halogens is 2. The van der Waals surface area contributed by atoms with Crippen molar-refractivity contribution < 1.29 is 4.74 Å². The molecule has 0 heterocycles. The van der Waals surface area contributed by atoms with Crippen molar-refractivity contribution in [3.63, 3.8) is 0 Å². The Morgan fingerprint density at radius 2 is 2.27 bits per heavy atom. The summed E-state index contributed by atoms with van der Waals surface area (Å²) < 4.78 is 7.38. The average molecular weight is 327 g/mol. The summed E-state index contributed by atoms with van der Waals surface area (Å²) in [6.07, 6.45) is 0. The van der Waals surface area contributed by atoms with Gasteiger partial charge in [-0.05, 0) is 40.3 Å². The number of hydrogen-bond donors (Lipinski definition) is 0. The molecule has 1 rings (SSSR count). The smallest absolute Gasteiger partial charge is 0.0723 e. The minimum atomic E-state index is 0.686. The normalized spacial score (nSPS) is 10.1. The summed E-state index contributed by atoms with van der Waals surface area (Å²) in [4.78, 5) is 0. The molecule has 0 saturated carbocycles. The van der Waals surface area contributed by atoms with Gasteiger partial charge in [0.05, 0.1) is 6.61 Å². The van der Waals surface area contributed by atoms with E-state index in [4.69, 9.17) is 4.74 Å². The highest BCUT2D eigenvalue weighted by atomic mass is 127. The molecule has 0 atom stereocenters. The lowest BCUT2D eigenvalue weighted by atomic mass is 10.2. The van der Waals surface area contributed by atoms with Gasteiger partial charge in [0.15, 0.2) is 0 Å². The fraction of sp³-hybridized carbons (Fsp3) is 0.250. The van der Waals surface area contributed by atoms with Crippen LogP contribution < -0.4 is 0 Å². The molecule has 0 unspecified atom stereocenters. The van der Waals surface area contributed by atoms with E-state index in [9.17, 15) is 0 Å². The first-order chi connectivity index (χ1) is 5.24. The van der Waals surface area contributed by atoms with Crippen LogP contribution in [-0.4, -0.2) is 7.11 Å². The minimum absolute atomic E-state index is 0.686. The lowest BCUT2D eigenvalue weighted by Gasteiger charge is -2.02. The lowest BCUT2D eigenvalue weighted by molar-refractivity contribution is 0.184. The molecule has 0 bridgehead atoms. The van der Waals surface area contributed by atoms with Gasteiger partial charge in [-0.25, -0.2) is 0 Å². The highest BCUT2D eigenvalue weighted by Gasteiger charge is 1.98. The maximum absolute atomic E-state index is 5.03. The summed E-state index contributed by atoms with van der Waals surface area (Å²) in [7, 11) is 1.71. The molecule has 1 aromatic rings. The van der Waals surface area contributed by atoms with Crippen LogP contribution in [0.5, 0.6) is 0 Å². The van der Waals surface area contributed by atoms with Crippen molar-refractivity contribution in [3.05, 3.63) is 31.8 Å². The number of benzene rings is 1. The minimum Gasteiger partial charge on any atom is -0.380 e. The Hall–Kier alpha value is 0.390. The first kappa shape index (κ1) is 9.48. The Kier molecular flexibility index (Phi) is 3.81. The third kappa shape index (κ3) is 2.72. The second-order valence-corrected chi connectivity index (χ2v) is 4.25. The largest absolute Gasteiger partial charge is 0.380 e. The highest BCUT2D eigenvalue weighted by Crippen LogP contribution is 2.18. The number of rotatable bonds is 2. The molecule has 0 aliphatic carbocycles. The molecule has 0 aromatic heterocycles. The van der Waals surface area contributed by atoms with Gasteiger partial charge in [-0.3, -0.25) is 0 Å². The van der Waals surface area contributed by atoms with E-state index in [2.05, 4.69) is 50.7 Å². The van der Waals surface area contributed by atoms with Gasteiger partial charge in [-0.1, -0.05) is 22.0 Å². The Balaban J connectivity index is 2.90. The van der Waals surface area contributed by atoms with E-state index >= 15 is 0 Å². The molecule has 0 radical (unpaired) electrons. The van der Waals surface area contributed by atoms with Crippen molar-refractivity contribution in [2.45, 2.75) is 6.61 Å². The van der Waals surface area contributed by atoms with Gasteiger partial charge in [0, 0.05) is 15.2 Å². The second kappa shape index (κ2) is 4.42. The summed E-state index contributed by atoms with van der Waals surface area (Å²) in [6.45, 7) is 0.686. The van der Waals surface area contributed by atoms with Gasteiger partial charge in [0.25, 0.3) is 0 Å². The fourth-order valence-corrected chi connectivity index (χ4v) is 2.25. The Morgan fingerprint density at radius 1 is 1.55 bits per heavy atom. The van der Waals surface area contributed by atoms with Crippen LogP contribution in [0.4, 0.5) is 0 Å². The predicted octanol–water partition coefficient (Wildman–Crippen LogP) is 3.20. The van der Waals surface area contributed by atoms with Crippen LogP contribution >= 0.6 is 38.5 Å². The second-order valence-electron chi connectivity index (χ2n) is 2.17. The van der Waals surface area contributed by atoms with Crippen molar-refractivity contribution in [3.8, 4) is 0 Å². The molecule has 0 fully saturated rings. The Morgan fingerprint density at radius 3 is 2.82 bits per heavy atom. The summed E-state index contributed by atoms with van der Waals surface area (Å²) in [5.41, 5.74) is 1.23. The quantitative estimate of drug-likeness (QED) is 0.758. The molecule has 3 heteroatoms. The molecule has 11 heavy (non-hydrogen) atoms. The SMILES string of the molecule is COCc1ccc(Br)cc1I. The summed E-state index contributed by atoms with van der Waals surface area (Å²) in [5, 5.41) is 0. The first-order valence-corrected chi connectivity index (χ1v) is 5.04. The van der Waals surface area contributed by atoms with Crippen molar-refractivity contribution in [2.75, 3.05) is 7.11 Å². The van der Waals surface area contributed by atoms with Crippen LogP contribution in [0.25, 0.3) is 0 Å². The molecule has 1 nitrogen and oxygen atoms in total. The molecule has 0 N–H and O–H groups in total. The summed E-state index contributed by atoms with van der Waals surface area (Å²) >= 11 is 5.70. The lowest BCUT2D eigenvalue weighted by Crippen LogP contribution is -1.90. The van der Waals surface area contributed by atoms with Gasteiger partial charge in [0.1, 0.15) is 0 Å². The molecule has 0 amide bonds. The van der Waals surface area contributed by atoms with Crippen LogP contribution in [0.2, 0.25) is 0 Å². The zero-order valence-electron chi connectivity index (χ0n) is 6.10. The molecule has 0 aliphatic heterocycles. The molecular formula is C8H8BrIO. The fourth-order valence-electron chi connectivity index (χ4n) is 0.794. The van der Waals surface area contributed by atoms with Crippen molar-refractivity contribution in [1.82, 2.24) is 0 Å². The van der Waals surface area contributed by atoms with Gasteiger partial charge in [0.2, 0.25) is 0 Å². The zero-order valence-corrected chi connectivity index (χ0v) is 9.85. The van der Waals surface area contributed by atoms with E-state index in [0.717, 1.165) is 4.47 Å². The first-order valence-electron chi connectivity index (χ1n) is 3.17. The maximum Gasteiger partial charge on any atom is 0.0723 e. The Bertz CT molecular complexity index is 250. The molecule has 0 spiro atoms. The predicted molar refractivity (Wildman–Crippen MR) is 57.6 cm³/mol. The average Bonchev–Trinajstić information content (AvgIpc) is 1.95. The standard InChI is InChI=1S/C8H8BrIO/c1-11-5-6-2-3-7(9)4-8(6)10/h2-4H,5H2,1H3. The van der Waals surface area contributed by atoms with Gasteiger partial charge < -0.3 is 4.74 Å². The van der Waals surface area contributed by atoms with Crippen LogP contribution in [-0.2, 0) is 11.3 Å². The highest BCUT2D eigenvalue weighted by molar-refractivity contribution is 14.1. The van der Waals surface area contributed by atoms with E-state index < -0.39 is 0 Å². The molecule has 60 valence electrons. The maximum atomic E-state index is 5.03. The van der Waals surface area contributed by atoms with Crippen LogP contribution in [0, 0.1) is 3.57 Å². The van der Waals surface area contributed by atoms with Crippen LogP contribution in [0.15, 0.2) is 22.7 Å². The van der Waals surface area contributed by atoms with Gasteiger partial charge >= 0.3 is 0 Å². The molecule has 1 aromatic carbocycles. The number of hydrogen-bond acceptors (Lipinski definition) is 1. The van der Waals surface area contributed by atoms with E-state index in [1.54, 1.807) is 7.11 Å². The van der Waals surface area contributed by atoms with E-state index in [1.807, 2.05) is 6.07 Å². The van der Waals surface area contributed by atoms with E-state index in [1.165, 1.54) is 9.13 Å². The number of ether oxygens (including phenoxy) is 1. The zero-order chi connectivity index (χ0) is 8.27. The monoisotopic (exact) mass is 326 g/mol. The van der Waals surface area contributed by atoms with Gasteiger partial charge in [-0.2, -0.15) is 0 Å². The van der Waals surface area contributed by atoms with Crippen LogP contribution in [0.1, 0.15) is 5.56 Å². The third-order valence-corrected chi connectivity index (χ3v) is 2.81. The third-order valence-electron chi connectivity index (χ3n) is 1.31. The molecule has 0 aliphatic rings. The van der Waals surface area contributed by atoms with E-state index in [0.29, 0.717) is 6.61 Å². The molecule has 0 saturated heterocycles. The van der Waals surface area contributed by atoms with Crippen LogP contribution in [0.3, 0.4) is 0 Å². The molecular weight excluding hydrogens is 319 g/mol. The Labute approximate surface area is 88.4 Å². The van der Waals surface area contributed by atoms with E-state index in [-0.39, 0.29) is 0 Å². The number of methoxy groups -OCH3 is 1. The summed E-state index contributed by atoms with van der Waals surface area (Å²) in [5.74, 6) is 0. The van der Waals surface area contributed by atoms with Crippen molar-refractivity contribution >= 4 is 38.5 Å².